The number of hydrogen-bond donors (Lipinski definition) is 0. The summed E-state index contributed by atoms with van der Waals surface area (Å²) in [4.78, 5) is 17.1. The Morgan fingerprint density at radius 3 is 2.50 bits per heavy atom. The fraction of sp³-hybridized carbons (Fsp3) is 0.667. The Bertz CT molecular complexity index is 682. The van der Waals surface area contributed by atoms with Crippen LogP contribution in [0.25, 0.3) is 0 Å². The van der Waals surface area contributed by atoms with Gasteiger partial charge in [-0.15, -0.1) is 11.3 Å². The van der Waals surface area contributed by atoms with E-state index >= 15 is 0 Å². The summed E-state index contributed by atoms with van der Waals surface area (Å²) in [6, 6.07) is -0.488. The third-order valence-electron chi connectivity index (χ3n) is 3.48. The van der Waals surface area contributed by atoms with E-state index in [0.29, 0.717) is 17.8 Å². The number of nitrogens with zero attached hydrogens (tertiary/aromatic N) is 2. The summed E-state index contributed by atoms with van der Waals surface area (Å²) < 4.78 is 61.1. The molecule has 1 aromatic rings. The van der Waals surface area contributed by atoms with Crippen LogP contribution in [-0.2, 0) is 16.0 Å². The van der Waals surface area contributed by atoms with Crippen molar-refractivity contribution >= 4 is 27.1 Å². The van der Waals surface area contributed by atoms with Crippen LogP contribution < -0.4 is 0 Å². The molecule has 10 heteroatoms. The van der Waals surface area contributed by atoms with Gasteiger partial charge in [-0.2, -0.15) is 13.2 Å². The summed E-state index contributed by atoms with van der Waals surface area (Å²) in [5.74, 6) is -0.733. The second-order valence-corrected chi connectivity index (χ2v) is 8.31. The van der Waals surface area contributed by atoms with Gasteiger partial charge in [0.1, 0.15) is 4.88 Å². The Balaban J connectivity index is 2.28. The van der Waals surface area contributed by atoms with E-state index < -0.39 is 33.0 Å². The van der Waals surface area contributed by atoms with Gasteiger partial charge in [-0.05, 0) is 20.3 Å². The lowest BCUT2D eigenvalue weighted by Crippen LogP contribution is -2.40. The zero-order valence-corrected chi connectivity index (χ0v) is 13.6. The Labute approximate surface area is 130 Å². The van der Waals surface area contributed by atoms with Crippen molar-refractivity contribution < 1.29 is 26.4 Å². The number of carbonyl (C=O) groups is 1. The third-order valence-corrected chi connectivity index (χ3v) is 6.42. The van der Waals surface area contributed by atoms with E-state index in [1.165, 1.54) is 11.8 Å². The molecule has 22 heavy (non-hydrogen) atoms. The van der Waals surface area contributed by atoms with E-state index in [4.69, 9.17) is 0 Å². The van der Waals surface area contributed by atoms with Crippen LogP contribution in [0.15, 0.2) is 0 Å². The highest BCUT2D eigenvalue weighted by atomic mass is 32.2. The fourth-order valence-corrected chi connectivity index (χ4v) is 5.06. The topological polar surface area (TPSA) is 67.3 Å². The normalized spacial score (nSPS) is 21.0. The number of hydrogen-bond acceptors (Lipinski definition) is 5. The first-order valence-electron chi connectivity index (χ1n) is 6.61. The molecule has 1 atom stereocenters. The van der Waals surface area contributed by atoms with E-state index in [9.17, 15) is 26.4 Å². The summed E-state index contributed by atoms with van der Waals surface area (Å²) in [5.41, 5.74) is 0.0154. The minimum atomic E-state index is -4.60. The number of rotatable bonds is 3. The average Bonchev–Trinajstić information content (AvgIpc) is 2.93. The fourth-order valence-electron chi connectivity index (χ4n) is 2.44. The average molecular weight is 356 g/mol. The highest BCUT2D eigenvalue weighted by Crippen LogP contribution is 2.35. The van der Waals surface area contributed by atoms with Gasteiger partial charge in [0, 0.05) is 12.6 Å². The van der Waals surface area contributed by atoms with Gasteiger partial charge in [0.05, 0.1) is 17.2 Å². The lowest BCUT2D eigenvalue weighted by atomic mass is 10.2. The number of amides is 1. The van der Waals surface area contributed by atoms with E-state index in [2.05, 4.69) is 4.98 Å². The lowest BCUT2D eigenvalue weighted by Gasteiger charge is -2.26. The molecule has 124 valence electrons. The van der Waals surface area contributed by atoms with E-state index in [1.807, 2.05) is 0 Å². The Kier molecular flexibility index (Phi) is 4.54. The van der Waals surface area contributed by atoms with Gasteiger partial charge in [0.25, 0.3) is 5.91 Å². The molecule has 1 unspecified atom stereocenters. The van der Waals surface area contributed by atoms with E-state index in [1.54, 1.807) is 6.92 Å². The zero-order valence-electron chi connectivity index (χ0n) is 12.0. The Hall–Kier alpha value is -1.16. The largest absolute Gasteiger partial charge is 0.443 e. The molecule has 2 heterocycles. The number of halogens is 3. The molecule has 2 rings (SSSR count). The molecule has 0 aromatic carbocycles. The van der Waals surface area contributed by atoms with Gasteiger partial charge < -0.3 is 4.90 Å². The molecule has 0 bridgehead atoms. The Morgan fingerprint density at radius 1 is 1.45 bits per heavy atom. The highest BCUT2D eigenvalue weighted by molar-refractivity contribution is 7.91. The van der Waals surface area contributed by atoms with Crippen LogP contribution in [-0.4, -0.2) is 48.3 Å². The maximum atomic E-state index is 12.7. The SMILES string of the molecule is CCN(C(=O)c1sc(C(F)(F)F)nc1C)C1CCS(=O)(=O)C1. The van der Waals surface area contributed by atoms with Crippen molar-refractivity contribution in [3.63, 3.8) is 0 Å². The second kappa shape index (κ2) is 5.80. The summed E-state index contributed by atoms with van der Waals surface area (Å²) in [7, 11) is -3.18. The predicted octanol–water partition coefficient (Wildman–Crippen LogP) is 2.12. The van der Waals surface area contributed by atoms with Crippen LogP contribution in [0.5, 0.6) is 0 Å². The number of alkyl halides is 3. The molecule has 0 spiro atoms. The molecule has 5 nitrogen and oxygen atoms in total. The van der Waals surface area contributed by atoms with Crippen molar-refractivity contribution in [1.82, 2.24) is 9.88 Å². The number of aryl methyl sites for hydroxylation is 1. The molecule has 1 saturated heterocycles. The lowest BCUT2D eigenvalue weighted by molar-refractivity contribution is -0.137. The smallest absolute Gasteiger partial charge is 0.334 e. The van der Waals surface area contributed by atoms with Crippen molar-refractivity contribution in [3.8, 4) is 0 Å². The van der Waals surface area contributed by atoms with Crippen molar-refractivity contribution in [2.75, 3.05) is 18.1 Å². The number of thiazole rings is 1. The van der Waals surface area contributed by atoms with Gasteiger partial charge in [0.15, 0.2) is 14.8 Å². The molecule has 0 aliphatic carbocycles. The van der Waals surface area contributed by atoms with Crippen molar-refractivity contribution in [3.05, 3.63) is 15.6 Å². The minimum Gasteiger partial charge on any atom is -0.334 e. The molecule has 0 radical (unpaired) electrons. The number of aromatic nitrogens is 1. The van der Waals surface area contributed by atoms with Gasteiger partial charge in [-0.25, -0.2) is 13.4 Å². The monoisotopic (exact) mass is 356 g/mol. The first-order chi connectivity index (χ1) is 10.0. The summed E-state index contributed by atoms with van der Waals surface area (Å²) >= 11 is 0.300. The summed E-state index contributed by atoms with van der Waals surface area (Å²) in [5, 5.41) is -1.07. The maximum Gasteiger partial charge on any atom is 0.443 e. The number of carbonyl (C=O) groups excluding carboxylic acids is 1. The van der Waals surface area contributed by atoms with E-state index in [-0.39, 0.29) is 28.6 Å². The standard InChI is InChI=1S/C12H15F3N2O3S2/c1-3-17(8-4-5-22(19,20)6-8)10(18)9-7(2)16-11(21-9)12(13,14)15/h8H,3-6H2,1-2H3. The summed E-state index contributed by atoms with van der Waals surface area (Å²) in [6.45, 7) is 3.25. The van der Waals surface area contributed by atoms with E-state index in [0.717, 1.165) is 0 Å². The molecule has 0 N–H and O–H groups in total. The minimum absolute atomic E-state index is 0.00306. The van der Waals surface area contributed by atoms with Crippen molar-refractivity contribution in [2.24, 2.45) is 0 Å². The maximum absolute atomic E-state index is 12.7. The molecule has 1 aromatic heterocycles. The summed E-state index contributed by atoms with van der Waals surface area (Å²) in [6.07, 6.45) is -4.28. The van der Waals surface area contributed by atoms with Gasteiger partial charge in [-0.1, -0.05) is 0 Å². The van der Waals surface area contributed by atoms with Gasteiger partial charge >= 0.3 is 6.18 Å². The number of sulfone groups is 1. The molecular formula is C12H15F3N2O3S2. The van der Waals surface area contributed by atoms with Crippen LogP contribution in [0, 0.1) is 6.92 Å². The van der Waals surface area contributed by atoms with Crippen LogP contribution in [0.3, 0.4) is 0 Å². The molecule has 1 aliphatic heterocycles. The highest BCUT2D eigenvalue weighted by Gasteiger charge is 2.39. The van der Waals surface area contributed by atoms with Crippen LogP contribution in [0.4, 0.5) is 13.2 Å². The van der Waals surface area contributed by atoms with Gasteiger partial charge in [0.2, 0.25) is 0 Å². The quantitative estimate of drug-likeness (QED) is 0.832. The molecule has 1 fully saturated rings. The third kappa shape index (κ3) is 3.43. The molecular weight excluding hydrogens is 341 g/mol. The first kappa shape index (κ1) is 17.2. The van der Waals surface area contributed by atoms with Crippen molar-refractivity contribution in [1.29, 1.82) is 0 Å². The van der Waals surface area contributed by atoms with Crippen LogP contribution in [0.2, 0.25) is 0 Å². The zero-order chi connectivity index (χ0) is 16.7. The van der Waals surface area contributed by atoms with Gasteiger partial charge in [-0.3, -0.25) is 4.79 Å². The molecule has 1 aliphatic rings. The predicted molar refractivity (Wildman–Crippen MR) is 75.6 cm³/mol. The molecule has 1 amide bonds. The van der Waals surface area contributed by atoms with Crippen molar-refractivity contribution in [2.45, 2.75) is 32.5 Å². The van der Waals surface area contributed by atoms with Crippen LogP contribution >= 0.6 is 11.3 Å². The second-order valence-electron chi connectivity index (χ2n) is 5.08. The molecule has 0 saturated carbocycles. The Morgan fingerprint density at radius 2 is 2.09 bits per heavy atom. The van der Waals surface area contributed by atoms with Crippen LogP contribution in [0.1, 0.15) is 33.7 Å². The first-order valence-corrected chi connectivity index (χ1v) is 9.25.